The van der Waals surface area contributed by atoms with E-state index in [0.29, 0.717) is 55.0 Å². The Morgan fingerprint density at radius 2 is 2.13 bits per heavy atom. The Balaban J connectivity index is 1.32. The van der Waals surface area contributed by atoms with Gasteiger partial charge in [0.2, 0.25) is 18.6 Å². The van der Waals surface area contributed by atoms with Crippen molar-refractivity contribution in [3.63, 3.8) is 0 Å². The summed E-state index contributed by atoms with van der Waals surface area (Å²) in [6.07, 6.45) is 4.38. The van der Waals surface area contributed by atoms with Crippen molar-refractivity contribution in [3.05, 3.63) is 36.0 Å². The number of nitrogens with zero attached hydrogens (tertiary/aromatic N) is 3. The molecular weight excluding hydrogens is 406 g/mol. The van der Waals surface area contributed by atoms with Gasteiger partial charge in [-0.3, -0.25) is 4.79 Å². The number of fused-ring (bicyclic) bond motifs is 1. The first kappa shape index (κ1) is 20.7. The van der Waals surface area contributed by atoms with Gasteiger partial charge in [-0.15, -0.1) is 0 Å². The Labute approximate surface area is 179 Å². The summed E-state index contributed by atoms with van der Waals surface area (Å²) in [5.74, 6) is 2.19. The van der Waals surface area contributed by atoms with Crippen molar-refractivity contribution in [2.75, 3.05) is 47.3 Å². The second-order valence-corrected chi connectivity index (χ2v) is 6.76. The molecule has 1 saturated heterocycles. The quantitative estimate of drug-likeness (QED) is 0.607. The third-order valence-corrected chi connectivity index (χ3v) is 4.77. The van der Waals surface area contributed by atoms with Crippen molar-refractivity contribution >= 4 is 12.0 Å². The normalized spacial score (nSPS) is 17.6. The van der Waals surface area contributed by atoms with E-state index in [1.165, 1.54) is 26.5 Å². The second kappa shape index (κ2) is 9.52. The van der Waals surface area contributed by atoms with Crippen LogP contribution in [-0.4, -0.2) is 74.2 Å². The van der Waals surface area contributed by atoms with Crippen molar-refractivity contribution in [3.8, 4) is 29.1 Å². The minimum Gasteiger partial charge on any atom is -0.491 e. The molecule has 0 saturated carbocycles. The van der Waals surface area contributed by atoms with Gasteiger partial charge in [0.1, 0.15) is 18.5 Å². The first-order valence-electron chi connectivity index (χ1n) is 9.72. The lowest BCUT2D eigenvalue weighted by Crippen LogP contribution is -2.47. The van der Waals surface area contributed by atoms with Gasteiger partial charge in [0.25, 0.3) is 0 Å². The Morgan fingerprint density at radius 3 is 2.97 bits per heavy atom. The van der Waals surface area contributed by atoms with Crippen LogP contribution in [0.1, 0.15) is 5.56 Å². The highest BCUT2D eigenvalue weighted by molar-refractivity contribution is 5.92. The van der Waals surface area contributed by atoms with Crippen LogP contribution >= 0.6 is 0 Å². The minimum absolute atomic E-state index is 0.144. The SMILES string of the molecule is COc1ncc(C=CC(=O)N2CCOC(COc3ccc4c(c3)OCO4)C2)c(OC)n1. The van der Waals surface area contributed by atoms with Crippen LogP contribution in [0.3, 0.4) is 0 Å². The van der Waals surface area contributed by atoms with Gasteiger partial charge < -0.3 is 33.3 Å². The van der Waals surface area contributed by atoms with Crippen LogP contribution < -0.4 is 23.7 Å². The molecule has 10 heteroatoms. The summed E-state index contributed by atoms with van der Waals surface area (Å²) in [5, 5.41) is 0. The number of amides is 1. The topological polar surface area (TPSA) is 101 Å². The Kier molecular flexibility index (Phi) is 6.37. The molecule has 31 heavy (non-hydrogen) atoms. The smallest absolute Gasteiger partial charge is 0.319 e. The molecule has 0 aliphatic carbocycles. The number of hydrogen-bond donors (Lipinski definition) is 0. The van der Waals surface area contributed by atoms with E-state index in [1.54, 1.807) is 23.1 Å². The van der Waals surface area contributed by atoms with E-state index in [1.807, 2.05) is 6.07 Å². The van der Waals surface area contributed by atoms with E-state index < -0.39 is 0 Å². The largest absolute Gasteiger partial charge is 0.491 e. The molecule has 164 valence electrons. The van der Waals surface area contributed by atoms with E-state index in [2.05, 4.69) is 9.97 Å². The Morgan fingerprint density at radius 1 is 1.26 bits per heavy atom. The fourth-order valence-corrected chi connectivity index (χ4v) is 3.18. The van der Waals surface area contributed by atoms with Crippen molar-refractivity contribution in [1.29, 1.82) is 0 Å². The molecule has 0 spiro atoms. The van der Waals surface area contributed by atoms with Crippen LogP contribution in [0.15, 0.2) is 30.5 Å². The van der Waals surface area contributed by atoms with Crippen LogP contribution in [0.5, 0.6) is 29.1 Å². The van der Waals surface area contributed by atoms with Crippen molar-refractivity contribution in [1.82, 2.24) is 14.9 Å². The average Bonchev–Trinajstić information content (AvgIpc) is 3.29. The summed E-state index contributed by atoms with van der Waals surface area (Å²) in [7, 11) is 2.96. The van der Waals surface area contributed by atoms with E-state index in [4.69, 9.17) is 28.4 Å². The lowest BCUT2D eigenvalue weighted by atomic mass is 10.2. The lowest BCUT2D eigenvalue weighted by molar-refractivity contribution is -0.134. The van der Waals surface area contributed by atoms with Crippen LogP contribution in [0, 0.1) is 0 Å². The molecule has 4 rings (SSSR count). The number of ether oxygens (including phenoxy) is 6. The summed E-state index contributed by atoms with van der Waals surface area (Å²) < 4.78 is 32.4. The van der Waals surface area contributed by atoms with Crippen molar-refractivity contribution in [2.24, 2.45) is 0 Å². The maximum absolute atomic E-state index is 12.6. The monoisotopic (exact) mass is 429 g/mol. The second-order valence-electron chi connectivity index (χ2n) is 6.76. The van der Waals surface area contributed by atoms with E-state index in [0.717, 1.165) is 0 Å². The number of rotatable bonds is 7. The molecule has 1 atom stereocenters. The van der Waals surface area contributed by atoms with Crippen molar-refractivity contribution in [2.45, 2.75) is 6.10 Å². The highest BCUT2D eigenvalue weighted by Crippen LogP contribution is 2.35. The molecule has 1 aromatic heterocycles. The summed E-state index contributed by atoms with van der Waals surface area (Å²) >= 11 is 0. The number of aromatic nitrogens is 2. The summed E-state index contributed by atoms with van der Waals surface area (Å²) in [6, 6.07) is 5.59. The zero-order valence-corrected chi connectivity index (χ0v) is 17.3. The molecule has 1 unspecified atom stereocenters. The molecule has 0 bridgehead atoms. The molecule has 3 heterocycles. The van der Waals surface area contributed by atoms with Crippen LogP contribution in [-0.2, 0) is 9.53 Å². The van der Waals surface area contributed by atoms with Gasteiger partial charge in [-0.05, 0) is 18.2 Å². The summed E-state index contributed by atoms with van der Waals surface area (Å²) in [4.78, 5) is 22.5. The third-order valence-electron chi connectivity index (χ3n) is 4.77. The molecule has 2 aliphatic rings. The predicted molar refractivity (Wildman–Crippen MR) is 109 cm³/mol. The van der Waals surface area contributed by atoms with E-state index in [-0.39, 0.29) is 24.8 Å². The molecule has 0 radical (unpaired) electrons. The zero-order chi connectivity index (χ0) is 21.6. The number of benzene rings is 1. The number of carbonyl (C=O) groups excluding carboxylic acids is 1. The lowest BCUT2D eigenvalue weighted by Gasteiger charge is -2.32. The first-order chi connectivity index (χ1) is 15.2. The highest BCUT2D eigenvalue weighted by Gasteiger charge is 2.24. The van der Waals surface area contributed by atoms with Gasteiger partial charge >= 0.3 is 6.01 Å². The van der Waals surface area contributed by atoms with Gasteiger partial charge in [0.15, 0.2) is 11.5 Å². The molecule has 1 fully saturated rings. The zero-order valence-electron chi connectivity index (χ0n) is 17.3. The minimum atomic E-state index is -0.240. The van der Waals surface area contributed by atoms with Gasteiger partial charge in [-0.25, -0.2) is 4.98 Å². The molecule has 2 aromatic rings. The third kappa shape index (κ3) is 4.97. The molecule has 1 amide bonds. The number of carbonyl (C=O) groups is 1. The average molecular weight is 429 g/mol. The number of hydrogen-bond acceptors (Lipinski definition) is 9. The maximum Gasteiger partial charge on any atom is 0.319 e. The molecule has 0 N–H and O–H groups in total. The summed E-state index contributed by atoms with van der Waals surface area (Å²) in [5.41, 5.74) is 0.576. The first-order valence-corrected chi connectivity index (χ1v) is 9.72. The van der Waals surface area contributed by atoms with Crippen LogP contribution in [0.4, 0.5) is 0 Å². The standard InChI is InChI=1S/C21H23N3O7/c1-26-20-14(10-22-21(23-20)27-2)3-6-19(25)24-7-8-28-16(11-24)12-29-15-4-5-17-18(9-15)31-13-30-17/h3-6,9-10,16H,7-8,11-13H2,1-2H3. The summed E-state index contributed by atoms with van der Waals surface area (Å²) in [6.45, 7) is 1.88. The molecule has 2 aliphatic heterocycles. The Hall–Kier alpha value is -3.53. The van der Waals surface area contributed by atoms with Crippen molar-refractivity contribution < 1.29 is 33.2 Å². The van der Waals surface area contributed by atoms with Gasteiger partial charge in [-0.2, -0.15) is 4.98 Å². The van der Waals surface area contributed by atoms with Gasteiger partial charge in [0.05, 0.1) is 32.9 Å². The Bertz CT molecular complexity index is 966. The van der Waals surface area contributed by atoms with E-state index >= 15 is 0 Å². The van der Waals surface area contributed by atoms with Gasteiger partial charge in [0, 0.05) is 24.9 Å². The fraction of sp³-hybridized carbons (Fsp3) is 0.381. The van der Waals surface area contributed by atoms with Crippen LogP contribution in [0.2, 0.25) is 0 Å². The predicted octanol–water partition coefficient (Wildman–Crippen LogP) is 1.54. The fourth-order valence-electron chi connectivity index (χ4n) is 3.18. The molecular formula is C21H23N3O7. The highest BCUT2D eigenvalue weighted by atomic mass is 16.7. The number of methoxy groups -OCH3 is 2. The molecule has 1 aromatic carbocycles. The van der Waals surface area contributed by atoms with Gasteiger partial charge in [-0.1, -0.05) is 0 Å². The van der Waals surface area contributed by atoms with E-state index in [9.17, 15) is 4.79 Å². The maximum atomic E-state index is 12.6. The molecule has 10 nitrogen and oxygen atoms in total. The van der Waals surface area contributed by atoms with Crippen LogP contribution in [0.25, 0.3) is 6.08 Å². The number of morpholine rings is 1.